The Morgan fingerprint density at radius 2 is 2.00 bits per heavy atom. The van der Waals surface area contributed by atoms with Gasteiger partial charge >= 0.3 is 0 Å². The molecule has 0 atom stereocenters. The number of rotatable bonds is 1. The van der Waals surface area contributed by atoms with Crippen molar-refractivity contribution in [2.75, 3.05) is 0 Å². The van der Waals surface area contributed by atoms with E-state index in [0.717, 1.165) is 6.07 Å². The Hall–Kier alpha value is -1.25. The molecular formula is C8H9FO2. The first-order valence-electron chi connectivity index (χ1n) is 3.35. The van der Waals surface area contributed by atoms with E-state index in [1.807, 2.05) is 0 Å². The van der Waals surface area contributed by atoms with Crippen LogP contribution in [0.25, 0.3) is 0 Å². The molecule has 0 radical (unpaired) electrons. The van der Waals surface area contributed by atoms with Gasteiger partial charge in [0.15, 0.2) is 11.6 Å². The van der Waals surface area contributed by atoms with Crippen LogP contribution in [-0.2, 0) is 6.42 Å². The lowest BCUT2D eigenvalue weighted by atomic mass is 10.1. The van der Waals surface area contributed by atoms with Gasteiger partial charge in [-0.3, -0.25) is 0 Å². The molecule has 1 aromatic carbocycles. The highest BCUT2D eigenvalue weighted by Crippen LogP contribution is 2.25. The molecule has 0 fully saturated rings. The molecular weight excluding hydrogens is 147 g/mol. The number of aryl methyl sites for hydroxylation is 1. The lowest BCUT2D eigenvalue weighted by molar-refractivity contribution is 0.415. The minimum Gasteiger partial charge on any atom is -0.508 e. The fraction of sp³-hybridized carbons (Fsp3) is 0.250. The number of phenolic OH excluding ortho intramolecular Hbond substituents is 2. The van der Waals surface area contributed by atoms with Crippen LogP contribution in [0.4, 0.5) is 4.39 Å². The van der Waals surface area contributed by atoms with Crippen molar-refractivity contribution in [1.29, 1.82) is 0 Å². The summed E-state index contributed by atoms with van der Waals surface area (Å²) in [5, 5.41) is 17.8. The Bertz CT molecular complexity index is 271. The highest BCUT2D eigenvalue weighted by Gasteiger charge is 2.07. The molecule has 60 valence electrons. The Labute approximate surface area is 63.9 Å². The Kier molecular flexibility index (Phi) is 1.98. The lowest BCUT2D eigenvalue weighted by Crippen LogP contribution is -1.87. The van der Waals surface area contributed by atoms with Gasteiger partial charge in [0.1, 0.15) is 5.75 Å². The molecule has 3 heteroatoms. The van der Waals surface area contributed by atoms with E-state index in [9.17, 15) is 4.39 Å². The van der Waals surface area contributed by atoms with Crippen LogP contribution in [0.15, 0.2) is 12.1 Å². The van der Waals surface area contributed by atoms with Gasteiger partial charge in [-0.1, -0.05) is 6.92 Å². The molecule has 0 aromatic heterocycles. The van der Waals surface area contributed by atoms with Crippen LogP contribution in [-0.4, -0.2) is 10.2 Å². The van der Waals surface area contributed by atoms with E-state index in [1.165, 1.54) is 6.07 Å². The number of benzene rings is 1. The monoisotopic (exact) mass is 156 g/mol. The largest absolute Gasteiger partial charge is 0.508 e. The SMILES string of the molecule is CCc1cc(O)cc(O)c1F. The maximum atomic E-state index is 12.8. The second kappa shape index (κ2) is 2.78. The van der Waals surface area contributed by atoms with Crippen molar-refractivity contribution in [1.82, 2.24) is 0 Å². The molecule has 0 saturated carbocycles. The number of aromatic hydroxyl groups is 2. The van der Waals surface area contributed by atoms with Crippen LogP contribution in [0.1, 0.15) is 12.5 Å². The zero-order chi connectivity index (χ0) is 8.43. The summed E-state index contributed by atoms with van der Waals surface area (Å²) >= 11 is 0. The van der Waals surface area contributed by atoms with Gasteiger partial charge in [0, 0.05) is 6.07 Å². The van der Waals surface area contributed by atoms with Crippen molar-refractivity contribution in [2.45, 2.75) is 13.3 Å². The molecule has 1 aromatic rings. The number of hydrogen-bond acceptors (Lipinski definition) is 2. The average Bonchev–Trinajstić information content (AvgIpc) is 1.96. The van der Waals surface area contributed by atoms with Crippen LogP contribution in [0.5, 0.6) is 11.5 Å². The van der Waals surface area contributed by atoms with Gasteiger partial charge in [-0.15, -0.1) is 0 Å². The minimum atomic E-state index is -0.648. The van der Waals surface area contributed by atoms with E-state index >= 15 is 0 Å². The van der Waals surface area contributed by atoms with Crippen molar-refractivity contribution in [3.8, 4) is 11.5 Å². The number of phenols is 2. The van der Waals surface area contributed by atoms with E-state index < -0.39 is 11.6 Å². The van der Waals surface area contributed by atoms with Crippen molar-refractivity contribution in [3.05, 3.63) is 23.5 Å². The van der Waals surface area contributed by atoms with Crippen LogP contribution >= 0.6 is 0 Å². The quantitative estimate of drug-likeness (QED) is 0.650. The molecule has 11 heavy (non-hydrogen) atoms. The standard InChI is InChI=1S/C8H9FO2/c1-2-5-3-6(10)4-7(11)8(5)9/h3-4,10-11H,2H2,1H3. The summed E-state index contributed by atoms with van der Waals surface area (Å²) in [7, 11) is 0. The van der Waals surface area contributed by atoms with Gasteiger partial charge in [-0.05, 0) is 18.1 Å². The van der Waals surface area contributed by atoms with E-state index in [1.54, 1.807) is 6.92 Å². The van der Waals surface area contributed by atoms with E-state index in [4.69, 9.17) is 10.2 Å². The third-order valence-corrected chi connectivity index (χ3v) is 1.49. The summed E-state index contributed by atoms with van der Waals surface area (Å²) in [5.74, 6) is -1.26. The van der Waals surface area contributed by atoms with E-state index in [-0.39, 0.29) is 5.75 Å². The molecule has 0 aliphatic carbocycles. The zero-order valence-corrected chi connectivity index (χ0v) is 6.13. The molecule has 2 nitrogen and oxygen atoms in total. The predicted molar refractivity (Wildman–Crippen MR) is 39.1 cm³/mol. The molecule has 0 bridgehead atoms. The summed E-state index contributed by atoms with van der Waals surface area (Å²) in [5.41, 5.74) is 0.322. The molecule has 0 spiro atoms. The first-order valence-corrected chi connectivity index (χ1v) is 3.35. The highest BCUT2D eigenvalue weighted by molar-refractivity contribution is 5.38. The first kappa shape index (κ1) is 7.85. The van der Waals surface area contributed by atoms with Gasteiger partial charge in [-0.2, -0.15) is 0 Å². The Morgan fingerprint density at radius 3 is 2.55 bits per heavy atom. The fourth-order valence-corrected chi connectivity index (χ4v) is 0.909. The summed E-state index contributed by atoms with van der Waals surface area (Å²) in [4.78, 5) is 0. The second-order valence-electron chi connectivity index (χ2n) is 2.29. The Balaban J connectivity index is 3.24. The van der Waals surface area contributed by atoms with E-state index in [2.05, 4.69) is 0 Å². The third kappa shape index (κ3) is 1.42. The molecule has 0 amide bonds. The van der Waals surface area contributed by atoms with Gasteiger partial charge < -0.3 is 10.2 Å². The van der Waals surface area contributed by atoms with Crippen molar-refractivity contribution >= 4 is 0 Å². The van der Waals surface area contributed by atoms with Gasteiger partial charge in [0.05, 0.1) is 0 Å². The maximum absolute atomic E-state index is 12.8. The number of halogens is 1. The smallest absolute Gasteiger partial charge is 0.168 e. The van der Waals surface area contributed by atoms with Gasteiger partial charge in [-0.25, -0.2) is 4.39 Å². The highest BCUT2D eigenvalue weighted by atomic mass is 19.1. The van der Waals surface area contributed by atoms with E-state index in [0.29, 0.717) is 12.0 Å². The minimum absolute atomic E-state index is 0.110. The first-order chi connectivity index (χ1) is 5.15. The summed E-state index contributed by atoms with van der Waals surface area (Å²) < 4.78 is 12.8. The molecule has 2 N–H and O–H groups in total. The van der Waals surface area contributed by atoms with Crippen LogP contribution in [0.2, 0.25) is 0 Å². The van der Waals surface area contributed by atoms with Crippen LogP contribution in [0.3, 0.4) is 0 Å². The third-order valence-electron chi connectivity index (χ3n) is 1.49. The summed E-state index contributed by atoms with van der Waals surface area (Å²) in [6.07, 6.45) is 0.452. The van der Waals surface area contributed by atoms with Crippen LogP contribution in [0, 0.1) is 5.82 Å². The average molecular weight is 156 g/mol. The molecule has 0 aliphatic heterocycles. The fourth-order valence-electron chi connectivity index (χ4n) is 0.909. The molecule has 1 rings (SSSR count). The van der Waals surface area contributed by atoms with Crippen LogP contribution < -0.4 is 0 Å². The molecule has 0 heterocycles. The molecule has 0 saturated heterocycles. The molecule has 0 unspecified atom stereocenters. The maximum Gasteiger partial charge on any atom is 0.168 e. The topological polar surface area (TPSA) is 40.5 Å². The van der Waals surface area contributed by atoms with Gasteiger partial charge in [0.25, 0.3) is 0 Å². The summed E-state index contributed by atoms with van der Waals surface area (Å²) in [6.45, 7) is 1.75. The lowest BCUT2D eigenvalue weighted by Gasteiger charge is -2.01. The van der Waals surface area contributed by atoms with Crippen molar-refractivity contribution in [3.63, 3.8) is 0 Å². The zero-order valence-electron chi connectivity index (χ0n) is 6.13. The normalized spacial score (nSPS) is 10.0. The van der Waals surface area contributed by atoms with Gasteiger partial charge in [0.2, 0.25) is 0 Å². The number of hydrogen-bond donors (Lipinski definition) is 2. The van der Waals surface area contributed by atoms with Crippen molar-refractivity contribution < 1.29 is 14.6 Å². The predicted octanol–water partition coefficient (Wildman–Crippen LogP) is 1.80. The summed E-state index contributed by atoms with van der Waals surface area (Å²) in [6, 6.07) is 2.28. The molecule has 0 aliphatic rings. The Morgan fingerprint density at radius 1 is 1.36 bits per heavy atom. The second-order valence-corrected chi connectivity index (χ2v) is 2.29. The van der Waals surface area contributed by atoms with Crippen molar-refractivity contribution in [2.24, 2.45) is 0 Å².